The first-order valence-electron chi connectivity index (χ1n) is 5.85. The molecule has 86 valence electrons. The number of hydrogen-bond acceptors (Lipinski definition) is 2. The van der Waals surface area contributed by atoms with Crippen molar-refractivity contribution in [1.82, 2.24) is 4.98 Å². The van der Waals surface area contributed by atoms with Crippen molar-refractivity contribution in [2.75, 3.05) is 0 Å². The number of carbonyl (C=O) groups excluding carboxylic acids is 1. The molecule has 0 amide bonds. The molecule has 1 aromatic heterocycles. The van der Waals surface area contributed by atoms with Crippen LogP contribution in [0.25, 0.3) is 6.08 Å². The van der Waals surface area contributed by atoms with E-state index < -0.39 is 0 Å². The number of carbonyl (C=O) groups is 1. The van der Waals surface area contributed by atoms with Gasteiger partial charge in [0, 0.05) is 12.4 Å². The molecule has 0 aliphatic carbocycles. The maximum atomic E-state index is 11.5. The van der Waals surface area contributed by atoms with Gasteiger partial charge in [-0.05, 0) is 43.0 Å². The van der Waals surface area contributed by atoms with Gasteiger partial charge in [-0.2, -0.15) is 0 Å². The fourth-order valence-corrected chi connectivity index (χ4v) is 1.58. The summed E-state index contributed by atoms with van der Waals surface area (Å²) in [6.07, 6.45) is 9.78. The number of rotatable bonds is 6. The first-order valence-corrected chi connectivity index (χ1v) is 5.85. The summed E-state index contributed by atoms with van der Waals surface area (Å²) < 4.78 is 0. The third-order valence-corrected chi connectivity index (χ3v) is 2.53. The number of nitrogens with zero attached hydrogens (tertiary/aromatic N) is 1. The van der Waals surface area contributed by atoms with Crippen molar-refractivity contribution in [3.8, 4) is 0 Å². The minimum Gasteiger partial charge on any atom is -0.295 e. The van der Waals surface area contributed by atoms with E-state index in [0.29, 0.717) is 0 Å². The van der Waals surface area contributed by atoms with E-state index in [1.54, 1.807) is 19.3 Å². The van der Waals surface area contributed by atoms with Crippen LogP contribution in [0.3, 0.4) is 0 Å². The second-order valence-electron chi connectivity index (χ2n) is 3.97. The van der Waals surface area contributed by atoms with Crippen molar-refractivity contribution in [3.63, 3.8) is 0 Å². The van der Waals surface area contributed by atoms with Crippen LogP contribution >= 0.6 is 0 Å². The van der Waals surface area contributed by atoms with E-state index in [-0.39, 0.29) is 5.78 Å². The molecule has 2 nitrogen and oxygen atoms in total. The summed E-state index contributed by atoms with van der Waals surface area (Å²) >= 11 is 0. The lowest BCUT2D eigenvalue weighted by Crippen LogP contribution is -1.96. The molecule has 0 atom stereocenters. The minimum atomic E-state index is 0.167. The van der Waals surface area contributed by atoms with E-state index in [2.05, 4.69) is 11.9 Å². The average molecular weight is 217 g/mol. The van der Waals surface area contributed by atoms with E-state index in [1.807, 2.05) is 18.2 Å². The zero-order valence-corrected chi connectivity index (χ0v) is 10.1. The van der Waals surface area contributed by atoms with Gasteiger partial charge in [-0.15, -0.1) is 0 Å². The third-order valence-electron chi connectivity index (χ3n) is 2.53. The Labute approximate surface area is 97.4 Å². The van der Waals surface area contributed by atoms with Gasteiger partial charge < -0.3 is 0 Å². The fourth-order valence-electron chi connectivity index (χ4n) is 1.58. The van der Waals surface area contributed by atoms with E-state index in [4.69, 9.17) is 0 Å². The van der Waals surface area contributed by atoms with Gasteiger partial charge in [-0.1, -0.05) is 25.8 Å². The summed E-state index contributed by atoms with van der Waals surface area (Å²) in [4.78, 5) is 15.5. The molecule has 2 heteroatoms. The predicted octanol–water partition coefficient (Wildman–Crippen LogP) is 3.63. The molecule has 16 heavy (non-hydrogen) atoms. The Morgan fingerprint density at radius 3 is 2.81 bits per heavy atom. The third kappa shape index (κ3) is 4.39. The molecule has 0 N–H and O–H groups in total. The highest BCUT2D eigenvalue weighted by molar-refractivity contribution is 5.97. The molecule has 0 bridgehead atoms. The summed E-state index contributed by atoms with van der Waals surface area (Å²) in [6, 6.07) is 3.85. The van der Waals surface area contributed by atoms with Gasteiger partial charge in [0.05, 0.1) is 0 Å². The highest BCUT2D eigenvalue weighted by Gasteiger charge is 2.03. The maximum Gasteiger partial charge on any atom is 0.155 e. The fraction of sp³-hybridized carbons (Fsp3) is 0.429. The Bertz CT molecular complexity index is 354. The largest absolute Gasteiger partial charge is 0.295 e. The van der Waals surface area contributed by atoms with Crippen LogP contribution in [0.15, 0.2) is 30.1 Å². The smallest absolute Gasteiger partial charge is 0.155 e. The summed E-state index contributed by atoms with van der Waals surface area (Å²) in [7, 11) is 0. The first kappa shape index (κ1) is 12.6. The average Bonchev–Trinajstić information content (AvgIpc) is 2.29. The standard InChI is InChI=1S/C14H19NO/c1-3-4-5-8-14(12(2)16)10-13-7-6-9-15-11-13/h6-7,9-11H,3-5,8H2,1-2H3/b14-10+. The van der Waals surface area contributed by atoms with Crippen LogP contribution in [0, 0.1) is 0 Å². The summed E-state index contributed by atoms with van der Waals surface area (Å²) in [5, 5.41) is 0. The summed E-state index contributed by atoms with van der Waals surface area (Å²) in [6.45, 7) is 3.80. The number of unbranched alkanes of at least 4 members (excludes halogenated alkanes) is 2. The molecule has 0 spiro atoms. The SMILES string of the molecule is CCCCC/C(=C\c1cccnc1)C(C)=O. The van der Waals surface area contributed by atoms with Crippen molar-refractivity contribution in [2.24, 2.45) is 0 Å². The first-order chi connectivity index (χ1) is 7.74. The monoisotopic (exact) mass is 217 g/mol. The van der Waals surface area contributed by atoms with Gasteiger partial charge in [0.15, 0.2) is 5.78 Å². The lowest BCUT2D eigenvalue weighted by Gasteiger charge is -2.03. The molecule has 0 unspecified atom stereocenters. The van der Waals surface area contributed by atoms with Crippen LogP contribution in [-0.2, 0) is 4.79 Å². The molecule has 0 saturated carbocycles. The highest BCUT2D eigenvalue weighted by Crippen LogP contribution is 2.14. The molecule has 1 rings (SSSR count). The topological polar surface area (TPSA) is 30.0 Å². The number of hydrogen-bond donors (Lipinski definition) is 0. The Hall–Kier alpha value is -1.44. The van der Waals surface area contributed by atoms with E-state index in [0.717, 1.165) is 24.0 Å². The number of pyridine rings is 1. The molecular formula is C14H19NO. The second-order valence-corrected chi connectivity index (χ2v) is 3.97. The molecule has 0 aliphatic rings. The normalized spacial score (nSPS) is 11.5. The van der Waals surface area contributed by atoms with E-state index in [9.17, 15) is 4.79 Å². The van der Waals surface area contributed by atoms with Crippen molar-refractivity contribution in [2.45, 2.75) is 39.5 Å². The van der Waals surface area contributed by atoms with Crippen molar-refractivity contribution >= 4 is 11.9 Å². The molecule has 0 aromatic carbocycles. The van der Waals surface area contributed by atoms with E-state index in [1.165, 1.54) is 12.8 Å². The molecule has 0 radical (unpaired) electrons. The Morgan fingerprint density at radius 2 is 2.25 bits per heavy atom. The van der Waals surface area contributed by atoms with Crippen LogP contribution in [0.5, 0.6) is 0 Å². The zero-order chi connectivity index (χ0) is 11.8. The molecule has 0 saturated heterocycles. The quantitative estimate of drug-likeness (QED) is 0.538. The van der Waals surface area contributed by atoms with Gasteiger partial charge >= 0.3 is 0 Å². The van der Waals surface area contributed by atoms with E-state index >= 15 is 0 Å². The molecule has 0 aliphatic heterocycles. The van der Waals surface area contributed by atoms with Gasteiger partial charge in [0.25, 0.3) is 0 Å². The van der Waals surface area contributed by atoms with Crippen LogP contribution in [-0.4, -0.2) is 10.8 Å². The molecule has 1 aromatic rings. The molecule has 1 heterocycles. The Kier molecular flexibility index (Phi) is 5.48. The number of allylic oxidation sites excluding steroid dienone is 1. The van der Waals surface area contributed by atoms with Crippen LogP contribution in [0.4, 0.5) is 0 Å². The second kappa shape index (κ2) is 6.94. The van der Waals surface area contributed by atoms with Gasteiger partial charge in [-0.3, -0.25) is 9.78 Å². The van der Waals surface area contributed by atoms with Crippen molar-refractivity contribution in [3.05, 3.63) is 35.7 Å². The lowest BCUT2D eigenvalue weighted by molar-refractivity contribution is -0.113. The summed E-state index contributed by atoms with van der Waals surface area (Å²) in [5.74, 6) is 0.167. The van der Waals surface area contributed by atoms with Crippen molar-refractivity contribution < 1.29 is 4.79 Å². The van der Waals surface area contributed by atoms with Crippen LogP contribution < -0.4 is 0 Å². The Balaban J connectivity index is 2.70. The summed E-state index contributed by atoms with van der Waals surface area (Å²) in [5.41, 5.74) is 1.91. The van der Waals surface area contributed by atoms with Gasteiger partial charge in [0.2, 0.25) is 0 Å². The maximum absolute atomic E-state index is 11.5. The van der Waals surface area contributed by atoms with Gasteiger partial charge in [-0.25, -0.2) is 0 Å². The number of Topliss-reactive ketones (excluding diaryl/α,β-unsaturated/α-hetero) is 1. The number of aromatic nitrogens is 1. The lowest BCUT2D eigenvalue weighted by atomic mass is 10.0. The molecule has 0 fully saturated rings. The number of ketones is 1. The van der Waals surface area contributed by atoms with Crippen molar-refractivity contribution in [1.29, 1.82) is 0 Å². The predicted molar refractivity (Wildman–Crippen MR) is 67.0 cm³/mol. The zero-order valence-electron chi connectivity index (χ0n) is 10.1. The van der Waals surface area contributed by atoms with Crippen LogP contribution in [0.1, 0.15) is 45.1 Å². The van der Waals surface area contributed by atoms with Crippen LogP contribution in [0.2, 0.25) is 0 Å². The molecular weight excluding hydrogens is 198 g/mol. The highest BCUT2D eigenvalue weighted by atomic mass is 16.1. The minimum absolute atomic E-state index is 0.167. The Morgan fingerprint density at radius 1 is 1.44 bits per heavy atom. The van der Waals surface area contributed by atoms with Gasteiger partial charge in [0.1, 0.15) is 0 Å².